The zero-order valence-corrected chi connectivity index (χ0v) is 22.7. The first-order valence-corrected chi connectivity index (χ1v) is 13.9. The zero-order valence-electron chi connectivity index (χ0n) is 22.7. The first-order valence-electron chi connectivity index (χ1n) is 13.9. The first kappa shape index (κ1) is 28.9. The fourth-order valence-electron chi connectivity index (χ4n) is 4.02. The summed E-state index contributed by atoms with van der Waals surface area (Å²) in [5, 5.41) is 0. The van der Waals surface area contributed by atoms with Gasteiger partial charge in [-0.2, -0.15) is 0 Å². The van der Waals surface area contributed by atoms with Crippen LogP contribution in [0.2, 0.25) is 0 Å². The highest BCUT2D eigenvalue weighted by atomic mass is 16.5. The highest BCUT2D eigenvalue weighted by Crippen LogP contribution is 2.21. The highest BCUT2D eigenvalue weighted by molar-refractivity contribution is 5.56. The second kappa shape index (κ2) is 18.0. The maximum Gasteiger partial charge on any atom is 0.159 e. The number of rotatable bonds is 19. The van der Waals surface area contributed by atoms with Crippen LogP contribution in [0.25, 0.3) is 11.4 Å². The summed E-state index contributed by atoms with van der Waals surface area (Å²) in [4.78, 5) is 8.97. The minimum Gasteiger partial charge on any atom is -0.494 e. The van der Waals surface area contributed by atoms with E-state index in [0.29, 0.717) is 11.7 Å². The summed E-state index contributed by atoms with van der Waals surface area (Å²) in [6.07, 6.45) is 21.1. The molecule has 0 aliphatic rings. The van der Waals surface area contributed by atoms with Crippen molar-refractivity contribution in [1.82, 2.24) is 9.97 Å². The number of nitrogens with zero attached hydrogens (tertiary/aromatic N) is 2. The van der Waals surface area contributed by atoms with E-state index in [0.717, 1.165) is 49.5 Å². The summed E-state index contributed by atoms with van der Waals surface area (Å²) in [5.74, 6) is 3.01. The van der Waals surface area contributed by atoms with E-state index in [4.69, 9.17) is 9.47 Å². The van der Waals surface area contributed by atoms with Gasteiger partial charge in [0.15, 0.2) is 11.6 Å². The van der Waals surface area contributed by atoms with Crippen molar-refractivity contribution in [3.63, 3.8) is 0 Å². The average molecular weight is 481 g/mol. The van der Waals surface area contributed by atoms with Gasteiger partial charge in [0.1, 0.15) is 5.75 Å². The van der Waals surface area contributed by atoms with Gasteiger partial charge in [0, 0.05) is 5.56 Å². The summed E-state index contributed by atoms with van der Waals surface area (Å²) in [7, 11) is 0. The van der Waals surface area contributed by atoms with E-state index >= 15 is 0 Å². The number of ether oxygens (including phenoxy) is 2. The Morgan fingerprint density at radius 3 is 2.00 bits per heavy atom. The van der Waals surface area contributed by atoms with E-state index in [1.807, 2.05) is 24.3 Å². The lowest BCUT2D eigenvalue weighted by atomic mass is 10.0. The molecule has 1 atom stereocenters. The Kier molecular flexibility index (Phi) is 14.8. The van der Waals surface area contributed by atoms with E-state index in [1.54, 1.807) is 12.4 Å². The topological polar surface area (TPSA) is 44.2 Å². The molecule has 0 amide bonds. The smallest absolute Gasteiger partial charge is 0.159 e. The highest BCUT2D eigenvalue weighted by Gasteiger charge is 2.05. The van der Waals surface area contributed by atoms with E-state index in [1.165, 1.54) is 63.4 Å². The van der Waals surface area contributed by atoms with Crippen molar-refractivity contribution in [2.75, 3.05) is 13.2 Å². The van der Waals surface area contributed by atoms with Gasteiger partial charge in [0.2, 0.25) is 0 Å². The van der Waals surface area contributed by atoms with Gasteiger partial charge in [-0.25, -0.2) is 9.97 Å². The minimum atomic E-state index is 0.666. The van der Waals surface area contributed by atoms with Crippen molar-refractivity contribution in [1.29, 1.82) is 0 Å². The molecule has 0 saturated heterocycles. The molecule has 35 heavy (non-hydrogen) atoms. The quantitative estimate of drug-likeness (QED) is 0.148. The molecule has 2 aromatic rings. The third-order valence-electron chi connectivity index (χ3n) is 6.35. The Morgan fingerprint density at radius 2 is 1.37 bits per heavy atom. The number of benzene rings is 1. The van der Waals surface area contributed by atoms with Gasteiger partial charge in [-0.3, -0.25) is 0 Å². The van der Waals surface area contributed by atoms with Crippen LogP contribution in [0.1, 0.15) is 105 Å². The molecule has 1 heterocycles. The lowest BCUT2D eigenvalue weighted by Gasteiger charge is -2.12. The van der Waals surface area contributed by atoms with Gasteiger partial charge in [0.25, 0.3) is 0 Å². The molecule has 194 valence electrons. The molecule has 0 saturated carbocycles. The fraction of sp³-hybridized carbons (Fsp3) is 0.613. The fourth-order valence-corrected chi connectivity index (χ4v) is 4.02. The monoisotopic (exact) mass is 480 g/mol. The molecule has 0 fully saturated rings. The average Bonchev–Trinajstić information content (AvgIpc) is 2.86. The number of allylic oxidation sites excluding steroid dienone is 2. The van der Waals surface area contributed by atoms with E-state index in [9.17, 15) is 0 Å². The normalized spacial score (nSPS) is 11.8. The van der Waals surface area contributed by atoms with Gasteiger partial charge < -0.3 is 9.47 Å². The van der Waals surface area contributed by atoms with Crippen molar-refractivity contribution >= 4 is 0 Å². The van der Waals surface area contributed by atoms with Gasteiger partial charge in [-0.05, 0) is 69.7 Å². The minimum absolute atomic E-state index is 0.666. The van der Waals surface area contributed by atoms with E-state index in [-0.39, 0.29) is 0 Å². The molecule has 0 N–H and O–H groups in total. The maximum absolute atomic E-state index is 5.94. The van der Waals surface area contributed by atoms with Crippen molar-refractivity contribution < 1.29 is 9.47 Å². The first-order chi connectivity index (χ1) is 17.1. The Bertz CT molecular complexity index is 811. The molecule has 0 bridgehead atoms. The summed E-state index contributed by atoms with van der Waals surface area (Å²) in [6, 6.07) is 8.04. The zero-order chi connectivity index (χ0) is 25.1. The molecule has 0 aliphatic carbocycles. The predicted molar refractivity (Wildman–Crippen MR) is 148 cm³/mol. The van der Waals surface area contributed by atoms with Crippen molar-refractivity contribution in [2.45, 2.75) is 105 Å². The maximum atomic E-state index is 5.94. The molecule has 0 aliphatic heterocycles. The van der Waals surface area contributed by atoms with Gasteiger partial charge >= 0.3 is 0 Å². The van der Waals surface area contributed by atoms with Gasteiger partial charge in [0.05, 0.1) is 25.6 Å². The summed E-state index contributed by atoms with van der Waals surface area (Å²) in [6.45, 7) is 10.4. The Balaban J connectivity index is 1.62. The van der Waals surface area contributed by atoms with Crippen LogP contribution in [-0.4, -0.2) is 23.2 Å². The lowest BCUT2D eigenvalue weighted by molar-refractivity contribution is 0.279. The third-order valence-corrected chi connectivity index (χ3v) is 6.35. The van der Waals surface area contributed by atoms with Crippen LogP contribution in [0.5, 0.6) is 11.5 Å². The molecular weight excluding hydrogens is 432 g/mol. The summed E-state index contributed by atoms with van der Waals surface area (Å²) in [5.41, 5.74) is 2.38. The van der Waals surface area contributed by atoms with Gasteiger partial charge in [-0.1, -0.05) is 76.9 Å². The Labute approximate surface area is 214 Å². The van der Waals surface area contributed by atoms with Crippen LogP contribution in [0.15, 0.2) is 48.3 Å². The van der Waals surface area contributed by atoms with E-state index in [2.05, 4.69) is 43.7 Å². The van der Waals surface area contributed by atoms with Crippen LogP contribution < -0.4 is 9.47 Å². The van der Waals surface area contributed by atoms with Crippen LogP contribution in [0.3, 0.4) is 0 Å². The Hall–Kier alpha value is -2.36. The second-order valence-corrected chi connectivity index (χ2v) is 10.0. The van der Waals surface area contributed by atoms with Crippen LogP contribution >= 0.6 is 0 Å². The molecule has 4 heteroatoms. The third kappa shape index (κ3) is 13.3. The number of aromatic nitrogens is 2. The molecule has 0 unspecified atom stereocenters. The van der Waals surface area contributed by atoms with Crippen molar-refractivity contribution in [3.8, 4) is 22.9 Å². The summed E-state index contributed by atoms with van der Waals surface area (Å²) >= 11 is 0. The molecule has 0 radical (unpaired) electrons. The van der Waals surface area contributed by atoms with Crippen molar-refractivity contribution in [3.05, 3.63) is 48.3 Å². The van der Waals surface area contributed by atoms with Crippen LogP contribution in [-0.2, 0) is 0 Å². The molecule has 1 aromatic heterocycles. The molecule has 4 nitrogen and oxygen atoms in total. The number of hydrogen-bond acceptors (Lipinski definition) is 4. The summed E-state index contributed by atoms with van der Waals surface area (Å²) < 4.78 is 11.8. The van der Waals surface area contributed by atoms with Crippen LogP contribution in [0.4, 0.5) is 0 Å². The van der Waals surface area contributed by atoms with Gasteiger partial charge in [-0.15, -0.1) is 0 Å². The van der Waals surface area contributed by atoms with Crippen molar-refractivity contribution in [2.24, 2.45) is 5.92 Å². The van der Waals surface area contributed by atoms with E-state index < -0.39 is 0 Å². The standard InChI is InChI=1S/C31H48N2O2/c1-5-6-7-8-9-10-11-12-13-22-34-30-24-32-31(33-25-30)28-17-19-29(20-18-28)35-23-21-27(4)16-14-15-26(2)3/h15,17-20,24-25,27H,5-14,16,21-23H2,1-4H3/t27-/m0/s1. The number of unbranched alkanes of at least 4 members (excludes halogenated alkanes) is 8. The van der Waals surface area contributed by atoms with Crippen LogP contribution in [0, 0.1) is 5.92 Å². The lowest BCUT2D eigenvalue weighted by Crippen LogP contribution is -2.04. The molecular formula is C31H48N2O2. The molecule has 1 aromatic carbocycles. The predicted octanol–water partition coefficient (Wildman–Crippen LogP) is 9.20. The SMILES string of the molecule is CCCCCCCCCCCOc1cnc(-c2ccc(OCC[C@@H](C)CCC=C(C)C)cc2)nc1. The molecule has 0 spiro atoms. The largest absolute Gasteiger partial charge is 0.494 e. The second-order valence-electron chi connectivity index (χ2n) is 10.0. The Morgan fingerprint density at radius 1 is 0.771 bits per heavy atom. The molecule has 2 rings (SSSR count). The number of hydrogen-bond donors (Lipinski definition) is 0.